The van der Waals surface area contributed by atoms with Gasteiger partial charge in [0.25, 0.3) is 0 Å². The monoisotopic (exact) mass is 1150 g/mol. The number of rotatable bonds is 24. The molecule has 1 heterocycles. The molecule has 0 bridgehead atoms. The molecule has 7 rings (SSSR count). The standard InChI is InChI=1S/C67H84N6O11/c1-45(2)41-53(70-58(75)54(42-46-23-14-10-15-24-46)71-59(76)55(43-47-25-16-11-17-26-47)72-63(80)84-65(6,7)8)57(74)69-52(31-22-38-68-62(79)83-64(3,4)5)60(77)73-39-40-81-56(44-73)61(78)82-67(49-27-18-12-19-28-49,50-29-20-13-21-30-50)51-34-32-48(33-35-51)66(9)36-37-66/h10-21,23-30,32-35,45,52-56H,22,31,36-44H2,1-9H3,(H,68,79)(H,69,74)(H,70,75)(H,71,76)(H,72,80)/t52-,53-,54-,55-,56?/m1/s1. The van der Waals surface area contributed by atoms with E-state index in [0.717, 1.165) is 24.0 Å². The lowest BCUT2D eigenvalue weighted by molar-refractivity contribution is -0.174. The van der Waals surface area contributed by atoms with Crippen molar-refractivity contribution in [2.75, 3.05) is 26.2 Å². The summed E-state index contributed by atoms with van der Waals surface area (Å²) >= 11 is 0. The van der Waals surface area contributed by atoms with Gasteiger partial charge in [0.05, 0.1) is 13.2 Å². The van der Waals surface area contributed by atoms with Gasteiger partial charge in [-0.15, -0.1) is 0 Å². The van der Waals surface area contributed by atoms with E-state index in [2.05, 4.69) is 45.6 Å². The van der Waals surface area contributed by atoms with Crippen molar-refractivity contribution in [1.29, 1.82) is 0 Å². The Morgan fingerprint density at radius 1 is 0.571 bits per heavy atom. The normalized spacial score (nSPS) is 16.4. The van der Waals surface area contributed by atoms with Gasteiger partial charge in [-0.1, -0.05) is 166 Å². The number of ether oxygens (including phenoxy) is 4. The third-order valence-corrected chi connectivity index (χ3v) is 14.7. The van der Waals surface area contributed by atoms with E-state index in [4.69, 9.17) is 18.9 Å². The number of hydrogen-bond acceptors (Lipinski definition) is 11. The van der Waals surface area contributed by atoms with Crippen molar-refractivity contribution in [2.45, 2.75) is 160 Å². The predicted octanol–water partition coefficient (Wildman–Crippen LogP) is 8.98. The first-order valence-corrected chi connectivity index (χ1v) is 29.2. The number of amides is 6. The maximum Gasteiger partial charge on any atom is 0.408 e. The van der Waals surface area contributed by atoms with E-state index in [1.165, 1.54) is 10.5 Å². The molecule has 6 amide bonds. The lowest BCUT2D eigenvalue weighted by Crippen LogP contribution is -2.60. The van der Waals surface area contributed by atoms with Gasteiger partial charge in [0.2, 0.25) is 23.6 Å². The maximum atomic E-state index is 15.1. The van der Waals surface area contributed by atoms with Gasteiger partial charge in [0.15, 0.2) is 11.7 Å². The smallest absolute Gasteiger partial charge is 0.408 e. The molecule has 17 heteroatoms. The minimum absolute atomic E-state index is 0.0227. The number of carbonyl (C=O) groups is 7. The molecule has 0 spiro atoms. The van der Waals surface area contributed by atoms with Crippen molar-refractivity contribution >= 4 is 41.8 Å². The third kappa shape index (κ3) is 18.2. The molecule has 1 saturated carbocycles. The zero-order valence-corrected chi connectivity index (χ0v) is 50.0. The topological polar surface area (TPSA) is 220 Å². The summed E-state index contributed by atoms with van der Waals surface area (Å²) in [6.45, 7) is 16.3. The fourth-order valence-electron chi connectivity index (χ4n) is 10.2. The van der Waals surface area contributed by atoms with Gasteiger partial charge in [-0.05, 0) is 102 Å². The predicted molar refractivity (Wildman–Crippen MR) is 320 cm³/mol. The van der Waals surface area contributed by atoms with Crippen molar-refractivity contribution in [3.05, 3.63) is 179 Å². The van der Waals surface area contributed by atoms with Gasteiger partial charge < -0.3 is 50.4 Å². The third-order valence-electron chi connectivity index (χ3n) is 14.7. The molecule has 448 valence electrons. The van der Waals surface area contributed by atoms with E-state index in [1.807, 2.05) is 135 Å². The SMILES string of the molecule is CC(C)C[C@@H](NC(=O)[C@@H](Cc1ccccc1)NC(=O)[C@@H](Cc1ccccc1)NC(=O)OC(C)(C)C)C(=O)N[C@H](CCCNC(=O)OC(C)(C)C)C(=O)N1CCOC(C(=O)OC(c2ccccc2)(c2ccccc2)c2ccc(C3(C)CC3)cc2)C1. The Morgan fingerprint density at radius 3 is 1.52 bits per heavy atom. The molecule has 5 aromatic rings. The quantitative estimate of drug-likeness (QED) is 0.0170. The van der Waals surface area contributed by atoms with Gasteiger partial charge in [-0.25, -0.2) is 14.4 Å². The molecule has 0 aromatic heterocycles. The van der Waals surface area contributed by atoms with E-state index in [-0.39, 0.29) is 69.7 Å². The van der Waals surface area contributed by atoms with Crippen molar-refractivity contribution < 1.29 is 52.5 Å². The number of esters is 1. The Kier molecular flexibility index (Phi) is 21.5. The molecule has 2 aliphatic rings. The minimum atomic E-state index is -1.42. The number of morpholine rings is 1. The summed E-state index contributed by atoms with van der Waals surface area (Å²) in [7, 11) is 0. The van der Waals surface area contributed by atoms with Crippen LogP contribution in [0.1, 0.15) is 128 Å². The van der Waals surface area contributed by atoms with Crippen LogP contribution in [-0.2, 0) is 66.8 Å². The highest BCUT2D eigenvalue weighted by Gasteiger charge is 2.45. The number of carbonyl (C=O) groups excluding carboxylic acids is 7. The molecule has 17 nitrogen and oxygen atoms in total. The van der Waals surface area contributed by atoms with Gasteiger partial charge in [0.1, 0.15) is 35.4 Å². The van der Waals surface area contributed by atoms with E-state index in [9.17, 15) is 28.8 Å². The van der Waals surface area contributed by atoms with Crippen LogP contribution in [0, 0.1) is 5.92 Å². The highest BCUT2D eigenvalue weighted by atomic mass is 16.6. The van der Waals surface area contributed by atoms with Gasteiger partial charge in [-0.3, -0.25) is 19.2 Å². The first-order valence-electron chi connectivity index (χ1n) is 29.2. The Morgan fingerprint density at radius 2 is 1.02 bits per heavy atom. The van der Waals surface area contributed by atoms with Crippen LogP contribution in [0.4, 0.5) is 9.59 Å². The van der Waals surface area contributed by atoms with Crippen LogP contribution in [0.5, 0.6) is 0 Å². The zero-order valence-electron chi connectivity index (χ0n) is 50.0. The van der Waals surface area contributed by atoms with Crippen LogP contribution in [0.3, 0.4) is 0 Å². The number of alkyl carbamates (subject to hydrolysis) is 2. The summed E-state index contributed by atoms with van der Waals surface area (Å²) in [6, 6.07) is 40.6. The molecular formula is C67H84N6O11. The fraction of sp³-hybridized carbons (Fsp3) is 0.448. The molecule has 5 aromatic carbocycles. The van der Waals surface area contributed by atoms with E-state index < -0.39 is 88.9 Å². The van der Waals surface area contributed by atoms with Crippen molar-refractivity contribution in [2.24, 2.45) is 5.92 Å². The average Bonchev–Trinajstić information content (AvgIpc) is 1.88. The molecule has 1 aliphatic carbocycles. The summed E-state index contributed by atoms with van der Waals surface area (Å²) in [5.74, 6) is -3.38. The summed E-state index contributed by atoms with van der Waals surface area (Å²) in [5, 5.41) is 14.1. The van der Waals surface area contributed by atoms with Gasteiger partial charge in [-0.2, -0.15) is 0 Å². The molecular weight excluding hydrogens is 1060 g/mol. The van der Waals surface area contributed by atoms with Crippen LogP contribution in [0.25, 0.3) is 0 Å². The Balaban J connectivity index is 1.13. The second kappa shape index (κ2) is 28.5. The number of benzene rings is 5. The number of nitrogens with zero attached hydrogens (tertiary/aromatic N) is 1. The lowest BCUT2D eigenvalue weighted by Gasteiger charge is -2.39. The Labute approximate surface area is 494 Å². The van der Waals surface area contributed by atoms with E-state index in [1.54, 1.807) is 53.7 Å². The Bertz CT molecular complexity index is 2960. The van der Waals surface area contributed by atoms with Crippen molar-refractivity contribution in [3.8, 4) is 0 Å². The summed E-state index contributed by atoms with van der Waals surface area (Å²) in [6.07, 6.45) is -0.0311. The summed E-state index contributed by atoms with van der Waals surface area (Å²) in [5.41, 5.74) is 1.86. The molecule has 84 heavy (non-hydrogen) atoms. The number of hydrogen-bond donors (Lipinski definition) is 5. The molecule has 0 radical (unpaired) electrons. The van der Waals surface area contributed by atoms with Gasteiger partial charge in [0, 0.05) is 42.6 Å². The Hall–Kier alpha value is -8.05. The van der Waals surface area contributed by atoms with Crippen LogP contribution >= 0.6 is 0 Å². The maximum absolute atomic E-state index is 15.1. The van der Waals surface area contributed by atoms with Crippen LogP contribution in [0.15, 0.2) is 146 Å². The van der Waals surface area contributed by atoms with Crippen LogP contribution in [-0.4, -0.2) is 114 Å². The minimum Gasteiger partial charge on any atom is -0.444 e. The van der Waals surface area contributed by atoms with Crippen molar-refractivity contribution in [1.82, 2.24) is 31.5 Å². The van der Waals surface area contributed by atoms with Gasteiger partial charge >= 0.3 is 18.2 Å². The van der Waals surface area contributed by atoms with Crippen molar-refractivity contribution in [3.63, 3.8) is 0 Å². The van der Waals surface area contributed by atoms with Crippen LogP contribution < -0.4 is 26.6 Å². The first-order chi connectivity index (χ1) is 39.9. The largest absolute Gasteiger partial charge is 0.444 e. The highest BCUT2D eigenvalue weighted by molar-refractivity contribution is 5.95. The number of nitrogens with one attached hydrogen (secondary N) is 5. The lowest BCUT2D eigenvalue weighted by atomic mass is 9.79. The second-order valence-electron chi connectivity index (χ2n) is 24.6. The van der Waals surface area contributed by atoms with E-state index >= 15 is 4.79 Å². The van der Waals surface area contributed by atoms with E-state index in [0.29, 0.717) is 16.7 Å². The average molecular weight is 1150 g/mol. The molecule has 5 atom stereocenters. The molecule has 1 aliphatic heterocycles. The summed E-state index contributed by atoms with van der Waals surface area (Å²) < 4.78 is 23.9. The highest BCUT2D eigenvalue weighted by Crippen LogP contribution is 2.49. The zero-order chi connectivity index (χ0) is 60.7. The second-order valence-corrected chi connectivity index (χ2v) is 24.6. The molecule has 5 N–H and O–H groups in total. The first kappa shape index (κ1) is 63.5. The molecule has 1 saturated heterocycles. The fourth-order valence-corrected chi connectivity index (χ4v) is 10.2. The molecule has 1 unspecified atom stereocenters. The summed E-state index contributed by atoms with van der Waals surface area (Å²) in [4.78, 5) is 101. The molecule has 2 fully saturated rings. The van der Waals surface area contributed by atoms with Crippen LogP contribution in [0.2, 0.25) is 0 Å².